The maximum Gasteiger partial charge on any atom is 0.415 e. The number of benzene rings is 1. The number of anilines is 1. The number of thioether (sulfide) groups is 1. The van der Waals surface area contributed by atoms with Crippen LogP contribution >= 0.6 is 11.8 Å². The average Bonchev–Trinajstić information content (AvgIpc) is 3.45. The van der Waals surface area contributed by atoms with Crippen LogP contribution in [0.1, 0.15) is 38.5 Å². The fraction of sp³-hybridized carbons (Fsp3) is 0.625. The molecule has 2 aliphatic heterocycles. The maximum absolute atomic E-state index is 12.2. The number of fused-ring (bicyclic) bond motifs is 1. The van der Waals surface area contributed by atoms with Gasteiger partial charge in [-0.2, -0.15) is 11.8 Å². The monoisotopic (exact) mass is 577 g/mol. The van der Waals surface area contributed by atoms with E-state index in [1.165, 1.54) is 18.2 Å². The van der Waals surface area contributed by atoms with E-state index in [1.807, 2.05) is 7.05 Å². The highest BCUT2D eigenvalue weighted by atomic mass is 32.2. The van der Waals surface area contributed by atoms with Crippen LogP contribution in [-0.4, -0.2) is 94.2 Å². The molecular weight excluding hydrogens is 542 g/mol. The fourth-order valence-corrected chi connectivity index (χ4v) is 6.46. The van der Waals surface area contributed by atoms with Gasteiger partial charge in [0.05, 0.1) is 17.0 Å². The third kappa shape index (κ3) is 8.63. The van der Waals surface area contributed by atoms with Gasteiger partial charge in [0.15, 0.2) is 0 Å². The largest absolute Gasteiger partial charge is 0.465 e. The molecule has 4 amide bonds. The van der Waals surface area contributed by atoms with Crippen molar-refractivity contribution in [1.82, 2.24) is 20.4 Å². The van der Waals surface area contributed by atoms with Crippen molar-refractivity contribution in [2.45, 2.75) is 55.9 Å². The number of urea groups is 1. The number of amides is 4. The van der Waals surface area contributed by atoms with Crippen LogP contribution in [0, 0.1) is 10.1 Å². The second kappa shape index (κ2) is 15.1. The van der Waals surface area contributed by atoms with Crippen LogP contribution in [-0.2, 0) is 4.79 Å². The van der Waals surface area contributed by atoms with E-state index < -0.39 is 17.0 Å². The molecule has 3 rings (SSSR count). The van der Waals surface area contributed by atoms with Crippen LogP contribution in [0.2, 0.25) is 0 Å². The van der Waals surface area contributed by atoms with E-state index in [-0.39, 0.29) is 34.6 Å². The molecule has 1 aromatic carbocycles. The van der Waals surface area contributed by atoms with Gasteiger partial charge in [0.1, 0.15) is 5.69 Å². The number of unbranched alkanes of at least 4 members (excludes halogenated alkanes) is 1. The second-order valence-corrected chi connectivity index (χ2v) is 11.0. The zero-order valence-electron chi connectivity index (χ0n) is 22.3. The number of hydrogen-bond acceptors (Lipinski definition) is 9. The zero-order chi connectivity index (χ0) is 29.1. The molecule has 4 N–H and O–H groups in total. The molecule has 2 fully saturated rings. The summed E-state index contributed by atoms with van der Waals surface area (Å²) >= 11 is 1.68. The summed E-state index contributed by atoms with van der Waals surface area (Å²) in [4.78, 5) is 51.7. The number of nitrogens with zero attached hydrogens (tertiary/aromatic N) is 6. The van der Waals surface area contributed by atoms with E-state index in [0.29, 0.717) is 31.0 Å². The van der Waals surface area contributed by atoms with Gasteiger partial charge in [-0.25, -0.2) is 14.5 Å². The Kier molecular flexibility index (Phi) is 11.7. The zero-order valence-corrected chi connectivity index (χ0v) is 23.1. The molecule has 0 radical (unpaired) electrons. The quantitative estimate of drug-likeness (QED) is 0.0427. The van der Waals surface area contributed by atoms with Gasteiger partial charge in [0.25, 0.3) is 5.69 Å². The van der Waals surface area contributed by atoms with Crippen molar-refractivity contribution in [3.8, 4) is 0 Å². The predicted molar refractivity (Wildman–Crippen MR) is 151 cm³/mol. The van der Waals surface area contributed by atoms with E-state index in [4.69, 9.17) is 5.53 Å². The lowest BCUT2D eigenvalue weighted by atomic mass is 10.0. The molecule has 1 aromatic rings. The number of imide groups is 1. The molecule has 1 unspecified atom stereocenters. The molecule has 0 aliphatic carbocycles. The highest BCUT2D eigenvalue weighted by molar-refractivity contribution is 8.00. The van der Waals surface area contributed by atoms with Crippen LogP contribution in [0.15, 0.2) is 23.3 Å². The van der Waals surface area contributed by atoms with E-state index in [9.17, 15) is 29.6 Å². The molecule has 15 nitrogen and oxygen atoms in total. The van der Waals surface area contributed by atoms with Gasteiger partial charge in [-0.15, -0.1) is 0 Å². The summed E-state index contributed by atoms with van der Waals surface area (Å²) in [5.41, 5.74) is 8.91. The van der Waals surface area contributed by atoms with Gasteiger partial charge in [-0.1, -0.05) is 17.6 Å². The number of carbonyl (C=O) groups is 3. The van der Waals surface area contributed by atoms with Crippen LogP contribution in [0.25, 0.3) is 10.4 Å². The molecule has 218 valence electrons. The lowest BCUT2D eigenvalue weighted by Gasteiger charge is -2.17. The lowest BCUT2D eigenvalue weighted by Crippen LogP contribution is -2.40. The maximum atomic E-state index is 12.2. The van der Waals surface area contributed by atoms with Crippen molar-refractivity contribution >= 4 is 46.9 Å². The minimum atomic E-state index is -1.22. The Bertz CT molecular complexity index is 1130. The van der Waals surface area contributed by atoms with Crippen LogP contribution in [0.4, 0.5) is 26.7 Å². The van der Waals surface area contributed by atoms with Crippen molar-refractivity contribution in [1.29, 1.82) is 0 Å². The summed E-state index contributed by atoms with van der Waals surface area (Å²) in [5.74, 6) is 0.602. The molecule has 3 atom stereocenters. The highest BCUT2D eigenvalue weighted by Crippen LogP contribution is 2.37. The first-order chi connectivity index (χ1) is 19.2. The van der Waals surface area contributed by atoms with Crippen molar-refractivity contribution < 1.29 is 24.4 Å². The first-order valence-corrected chi connectivity index (χ1v) is 14.2. The summed E-state index contributed by atoms with van der Waals surface area (Å²) in [5, 5.41) is 32.8. The van der Waals surface area contributed by atoms with Crippen LogP contribution in [0.5, 0.6) is 0 Å². The molecule has 16 heteroatoms. The van der Waals surface area contributed by atoms with Crippen molar-refractivity contribution in [2.75, 3.05) is 44.3 Å². The van der Waals surface area contributed by atoms with Crippen molar-refractivity contribution in [3.05, 3.63) is 38.8 Å². The van der Waals surface area contributed by atoms with E-state index in [2.05, 4.69) is 30.9 Å². The summed E-state index contributed by atoms with van der Waals surface area (Å²) in [6, 6.07) is 3.26. The summed E-state index contributed by atoms with van der Waals surface area (Å²) in [6.45, 7) is 2.68. The van der Waals surface area contributed by atoms with Gasteiger partial charge < -0.3 is 26.0 Å². The summed E-state index contributed by atoms with van der Waals surface area (Å²) in [7, 11) is 1.98. The molecular formula is C24H35N9O6S. The molecule has 0 bridgehead atoms. The summed E-state index contributed by atoms with van der Waals surface area (Å²) < 4.78 is 0. The predicted octanol–water partition coefficient (Wildman–Crippen LogP) is 3.89. The smallest absolute Gasteiger partial charge is 0.415 e. The van der Waals surface area contributed by atoms with Crippen LogP contribution < -0.4 is 16.0 Å². The Morgan fingerprint density at radius 3 is 2.75 bits per heavy atom. The van der Waals surface area contributed by atoms with E-state index in [0.717, 1.165) is 50.1 Å². The van der Waals surface area contributed by atoms with Crippen molar-refractivity contribution in [3.63, 3.8) is 0 Å². The van der Waals surface area contributed by atoms with E-state index in [1.54, 1.807) is 11.8 Å². The molecule has 0 saturated carbocycles. The Morgan fingerprint density at radius 1 is 1.30 bits per heavy atom. The molecule has 2 heterocycles. The van der Waals surface area contributed by atoms with Gasteiger partial charge in [0.2, 0.25) is 5.91 Å². The first-order valence-electron chi connectivity index (χ1n) is 13.2. The number of nitro benzene ring substituents is 1. The number of nitro groups is 1. The van der Waals surface area contributed by atoms with E-state index >= 15 is 0 Å². The number of hydrogen-bond donors (Lipinski definition) is 4. The van der Waals surface area contributed by atoms with Gasteiger partial charge >= 0.3 is 12.1 Å². The standard InChI is InChI=1S/C24H35N9O6S/c1-31(12-4-10-26-17-9-8-16(29-30-25)14-18(17)33(38)39)13-5-11-27-21(34)7-3-2-6-20-22-19(15-40-20)32(24(36)37)23(35)28-22/h8-9,14,19-20,22,26H,2-7,10-13,15H2,1H3,(H,27,34)(H,28,35)(H,36,37)/t19-,20?,22-/m0/s1. The Morgan fingerprint density at radius 2 is 2.05 bits per heavy atom. The van der Waals surface area contributed by atoms with Crippen LogP contribution in [0.3, 0.4) is 0 Å². The Balaban J connectivity index is 1.22. The SMILES string of the molecule is CN(CCCNC(=O)CCCCC1SC[C@H]2[C@@H]1NC(=O)N2C(=O)O)CCCNc1ccc(N=[N+]=[N-])cc1[N+](=O)[O-]. The number of rotatable bonds is 16. The molecule has 0 aromatic heterocycles. The third-order valence-corrected chi connectivity index (χ3v) is 8.39. The number of nitrogens with one attached hydrogen (secondary N) is 3. The van der Waals surface area contributed by atoms with Gasteiger partial charge in [-0.3, -0.25) is 14.9 Å². The highest BCUT2D eigenvalue weighted by Gasteiger charge is 2.50. The topological polar surface area (TPSA) is 206 Å². The first kappa shape index (κ1) is 30.8. The fourth-order valence-electron chi connectivity index (χ4n) is 4.87. The molecule has 2 aliphatic rings. The number of carboxylic acid groups (broad SMARTS) is 1. The lowest BCUT2D eigenvalue weighted by molar-refractivity contribution is -0.383. The Hall–Kier alpha value is -3.75. The normalized spacial score (nSPS) is 19.6. The minimum Gasteiger partial charge on any atom is -0.465 e. The number of azide groups is 1. The molecule has 2 saturated heterocycles. The molecule has 0 spiro atoms. The van der Waals surface area contributed by atoms with Gasteiger partial charge in [-0.05, 0) is 57.4 Å². The minimum absolute atomic E-state index is 0.00287. The second-order valence-electron chi connectivity index (χ2n) is 9.75. The molecule has 40 heavy (non-hydrogen) atoms. The van der Waals surface area contributed by atoms with Crippen molar-refractivity contribution in [2.24, 2.45) is 5.11 Å². The average molecular weight is 578 g/mol. The Labute approximate surface area is 235 Å². The summed E-state index contributed by atoms with van der Waals surface area (Å²) in [6.07, 6.45) is 3.15. The number of carbonyl (C=O) groups excluding carboxylic acids is 2. The van der Waals surface area contributed by atoms with Gasteiger partial charge in [0, 0.05) is 47.2 Å². The third-order valence-electron chi connectivity index (χ3n) is 6.89.